The number of ether oxygens (including phenoxy) is 5. The van der Waals surface area contributed by atoms with Crippen LogP contribution >= 0.6 is 0 Å². The van der Waals surface area contributed by atoms with E-state index in [0.717, 1.165) is 0 Å². The third-order valence-electron chi connectivity index (χ3n) is 2.14. The van der Waals surface area contributed by atoms with Gasteiger partial charge < -0.3 is 23.7 Å². The van der Waals surface area contributed by atoms with Crippen molar-refractivity contribution in [3.63, 3.8) is 0 Å². The second-order valence-electron chi connectivity index (χ2n) is 2.52. The van der Waals surface area contributed by atoms with Gasteiger partial charge in [-0.3, -0.25) is 0 Å². The lowest BCUT2D eigenvalue weighted by Crippen LogP contribution is -2.58. The summed E-state index contributed by atoms with van der Waals surface area (Å²) in [5.74, 6) is -2.48. The molecule has 0 amide bonds. The van der Waals surface area contributed by atoms with E-state index >= 15 is 0 Å². The number of hydrogen-bond acceptors (Lipinski definition) is 5. The molecular weight excluding hydrogens is 176 g/mol. The average molecular weight is 194 g/mol. The van der Waals surface area contributed by atoms with E-state index in [1.807, 2.05) is 0 Å². The minimum atomic E-state index is -1.36. The molecule has 0 aromatic carbocycles. The molecule has 5 heteroatoms. The maximum Gasteiger partial charge on any atom is 0.339 e. The van der Waals surface area contributed by atoms with Crippen molar-refractivity contribution in [3.05, 3.63) is 0 Å². The van der Waals surface area contributed by atoms with Crippen LogP contribution in [0.1, 0.15) is 6.92 Å². The molecule has 0 saturated carbocycles. The summed E-state index contributed by atoms with van der Waals surface area (Å²) in [4.78, 5) is 0. The zero-order chi connectivity index (χ0) is 10.5. The maximum atomic E-state index is 5.13. The summed E-state index contributed by atoms with van der Waals surface area (Å²) in [7, 11) is 7.31. The van der Waals surface area contributed by atoms with Gasteiger partial charge in [0, 0.05) is 35.5 Å². The molecule has 0 fully saturated rings. The molecule has 13 heavy (non-hydrogen) atoms. The first-order valence-corrected chi connectivity index (χ1v) is 3.81. The molecule has 0 atom stereocenters. The predicted octanol–water partition coefficient (Wildman–Crippen LogP) is 0.588. The fraction of sp³-hybridized carbons (Fsp3) is 1.00. The van der Waals surface area contributed by atoms with Crippen molar-refractivity contribution in [2.75, 3.05) is 35.5 Å². The van der Waals surface area contributed by atoms with Crippen molar-refractivity contribution in [3.8, 4) is 0 Å². The lowest BCUT2D eigenvalue weighted by molar-refractivity contribution is -0.470. The Kier molecular flexibility index (Phi) is 4.80. The monoisotopic (exact) mass is 194 g/mol. The molecule has 5 nitrogen and oxygen atoms in total. The number of methoxy groups -OCH3 is 5. The van der Waals surface area contributed by atoms with Crippen molar-refractivity contribution < 1.29 is 23.7 Å². The summed E-state index contributed by atoms with van der Waals surface area (Å²) in [6.07, 6.45) is 0. The van der Waals surface area contributed by atoms with Gasteiger partial charge >= 0.3 is 5.97 Å². The summed E-state index contributed by atoms with van der Waals surface area (Å²) >= 11 is 0. The van der Waals surface area contributed by atoms with E-state index in [2.05, 4.69) is 0 Å². The van der Waals surface area contributed by atoms with Gasteiger partial charge in [0.15, 0.2) is 0 Å². The summed E-state index contributed by atoms with van der Waals surface area (Å²) in [5.41, 5.74) is 0. The summed E-state index contributed by atoms with van der Waals surface area (Å²) in [6.45, 7) is 1.66. The smallest absolute Gasteiger partial charge is 0.339 e. The molecule has 0 heterocycles. The molecule has 80 valence electrons. The fourth-order valence-corrected chi connectivity index (χ4v) is 1.14. The highest BCUT2D eigenvalue weighted by atomic mass is 16.9. The van der Waals surface area contributed by atoms with E-state index in [4.69, 9.17) is 23.7 Å². The largest absolute Gasteiger partial charge is 0.347 e. The van der Waals surface area contributed by atoms with Crippen molar-refractivity contribution in [1.29, 1.82) is 0 Å². The molecule has 0 aromatic rings. The summed E-state index contributed by atoms with van der Waals surface area (Å²) < 4.78 is 25.5. The second-order valence-corrected chi connectivity index (χ2v) is 2.52. The topological polar surface area (TPSA) is 46.2 Å². The van der Waals surface area contributed by atoms with Crippen molar-refractivity contribution in [1.82, 2.24) is 0 Å². The first-order chi connectivity index (χ1) is 6.05. The van der Waals surface area contributed by atoms with E-state index in [1.165, 1.54) is 35.5 Å². The highest BCUT2D eigenvalue weighted by Gasteiger charge is 2.52. The molecule has 0 N–H and O–H groups in total. The molecule has 0 aliphatic heterocycles. The van der Waals surface area contributed by atoms with Crippen molar-refractivity contribution in [2.24, 2.45) is 0 Å². The molecule has 0 rings (SSSR count). The lowest BCUT2D eigenvalue weighted by Gasteiger charge is -2.41. The van der Waals surface area contributed by atoms with E-state index < -0.39 is 11.8 Å². The predicted molar refractivity (Wildman–Crippen MR) is 46.2 cm³/mol. The van der Waals surface area contributed by atoms with Gasteiger partial charge in [0.1, 0.15) is 0 Å². The van der Waals surface area contributed by atoms with Crippen LogP contribution in [0.25, 0.3) is 0 Å². The van der Waals surface area contributed by atoms with E-state index in [9.17, 15) is 0 Å². The highest BCUT2D eigenvalue weighted by molar-refractivity contribution is 4.75. The molecule has 0 aliphatic rings. The van der Waals surface area contributed by atoms with Crippen LogP contribution in [-0.2, 0) is 23.7 Å². The summed E-state index contributed by atoms with van der Waals surface area (Å²) in [5, 5.41) is 0. The van der Waals surface area contributed by atoms with Crippen LogP contribution in [0.5, 0.6) is 0 Å². The van der Waals surface area contributed by atoms with Crippen LogP contribution in [0.15, 0.2) is 0 Å². The Bertz CT molecular complexity index is 131. The van der Waals surface area contributed by atoms with E-state index in [0.29, 0.717) is 0 Å². The van der Waals surface area contributed by atoms with E-state index in [-0.39, 0.29) is 0 Å². The SMILES string of the molecule is COC(C)(OC)C(OC)(OC)OC. The third kappa shape index (κ3) is 2.00. The Labute approximate surface area is 78.9 Å². The standard InChI is InChI=1S/C8H18O5/c1-7(9-2,10-3)8(11-4,12-5)13-6/h1-6H3. The maximum absolute atomic E-state index is 5.13. The van der Waals surface area contributed by atoms with Gasteiger partial charge in [-0.05, 0) is 6.92 Å². The second kappa shape index (κ2) is 4.88. The quantitative estimate of drug-likeness (QED) is 0.579. The van der Waals surface area contributed by atoms with Crippen LogP contribution in [0.2, 0.25) is 0 Å². The average Bonchev–Trinajstić information content (AvgIpc) is 2.20. The minimum Gasteiger partial charge on any atom is -0.347 e. The molecule has 0 radical (unpaired) electrons. The molecule has 0 bridgehead atoms. The Balaban J connectivity index is 4.87. The highest BCUT2D eigenvalue weighted by Crippen LogP contribution is 2.30. The lowest BCUT2D eigenvalue weighted by atomic mass is 10.2. The number of rotatable bonds is 6. The molecular formula is C8H18O5. The molecule has 0 aromatic heterocycles. The first-order valence-electron chi connectivity index (χ1n) is 3.81. The molecule has 0 unspecified atom stereocenters. The van der Waals surface area contributed by atoms with Gasteiger partial charge in [-0.15, -0.1) is 0 Å². The van der Waals surface area contributed by atoms with Gasteiger partial charge in [-0.25, -0.2) is 0 Å². The van der Waals surface area contributed by atoms with Crippen LogP contribution < -0.4 is 0 Å². The Hall–Kier alpha value is -0.200. The van der Waals surface area contributed by atoms with Gasteiger partial charge in [-0.2, -0.15) is 0 Å². The van der Waals surface area contributed by atoms with Crippen LogP contribution in [0, 0.1) is 0 Å². The van der Waals surface area contributed by atoms with Crippen LogP contribution in [0.4, 0.5) is 0 Å². The minimum absolute atomic E-state index is 1.12. The van der Waals surface area contributed by atoms with Gasteiger partial charge in [0.05, 0.1) is 0 Å². The Morgan fingerprint density at radius 2 is 0.923 bits per heavy atom. The number of hydrogen-bond donors (Lipinski definition) is 0. The van der Waals surface area contributed by atoms with Crippen molar-refractivity contribution >= 4 is 0 Å². The molecule has 0 saturated heterocycles. The summed E-state index contributed by atoms with van der Waals surface area (Å²) in [6, 6.07) is 0. The van der Waals surface area contributed by atoms with E-state index in [1.54, 1.807) is 6.92 Å². The van der Waals surface area contributed by atoms with Gasteiger partial charge in [-0.1, -0.05) is 0 Å². The van der Waals surface area contributed by atoms with Gasteiger partial charge in [0.25, 0.3) is 0 Å². The Morgan fingerprint density at radius 1 is 0.615 bits per heavy atom. The third-order valence-corrected chi connectivity index (χ3v) is 2.14. The molecule has 0 aliphatic carbocycles. The first kappa shape index (κ1) is 12.8. The fourth-order valence-electron chi connectivity index (χ4n) is 1.14. The van der Waals surface area contributed by atoms with Gasteiger partial charge in [0.2, 0.25) is 5.79 Å². The zero-order valence-electron chi connectivity index (χ0n) is 9.04. The van der Waals surface area contributed by atoms with Crippen LogP contribution in [0.3, 0.4) is 0 Å². The van der Waals surface area contributed by atoms with Crippen molar-refractivity contribution in [2.45, 2.75) is 18.7 Å². The zero-order valence-corrected chi connectivity index (χ0v) is 9.04. The van der Waals surface area contributed by atoms with Crippen LogP contribution in [-0.4, -0.2) is 47.3 Å². The molecule has 0 spiro atoms. The normalized spacial score (nSPS) is 13.4. The Morgan fingerprint density at radius 3 is 1.00 bits per heavy atom.